The molecular formula is C25H22F4N2O3S. The fourth-order valence-corrected chi connectivity index (χ4v) is 5.83. The van der Waals surface area contributed by atoms with Gasteiger partial charge in [0.05, 0.1) is 10.5 Å². The molecule has 1 aliphatic rings. The van der Waals surface area contributed by atoms with Gasteiger partial charge < -0.3 is 5.32 Å². The minimum atomic E-state index is -4.51. The molecule has 0 unspecified atom stereocenters. The second kappa shape index (κ2) is 9.79. The van der Waals surface area contributed by atoms with Crippen LogP contribution in [0.1, 0.15) is 24.0 Å². The number of benzene rings is 3. The number of nitrogens with zero attached hydrogens (tertiary/aromatic N) is 1. The van der Waals surface area contributed by atoms with Crippen LogP contribution in [0, 0.1) is 5.82 Å². The lowest BCUT2D eigenvalue weighted by atomic mass is 9.98. The number of nitrogens with one attached hydrogen (secondary N) is 1. The van der Waals surface area contributed by atoms with Gasteiger partial charge in [-0.2, -0.15) is 17.5 Å². The molecule has 1 atom stereocenters. The summed E-state index contributed by atoms with van der Waals surface area (Å²) in [4.78, 5) is 12.8. The summed E-state index contributed by atoms with van der Waals surface area (Å²) in [7, 11) is -3.99. The predicted octanol–water partition coefficient (Wildman–Crippen LogP) is 4.98. The van der Waals surface area contributed by atoms with Crippen molar-refractivity contribution in [3.63, 3.8) is 0 Å². The van der Waals surface area contributed by atoms with E-state index in [4.69, 9.17) is 0 Å². The molecular weight excluding hydrogens is 484 g/mol. The quantitative estimate of drug-likeness (QED) is 0.480. The highest BCUT2D eigenvalue weighted by Crippen LogP contribution is 2.37. The van der Waals surface area contributed by atoms with Gasteiger partial charge in [-0.1, -0.05) is 36.4 Å². The third-order valence-electron chi connectivity index (χ3n) is 5.86. The third-order valence-corrected chi connectivity index (χ3v) is 7.79. The molecule has 0 spiro atoms. The van der Waals surface area contributed by atoms with Crippen molar-refractivity contribution in [2.24, 2.45) is 0 Å². The first-order valence-corrected chi connectivity index (χ1v) is 12.3. The van der Waals surface area contributed by atoms with Crippen molar-refractivity contribution in [2.45, 2.75) is 36.5 Å². The molecule has 35 heavy (non-hydrogen) atoms. The second-order valence-electron chi connectivity index (χ2n) is 8.19. The van der Waals surface area contributed by atoms with Crippen molar-refractivity contribution in [2.75, 3.05) is 6.54 Å². The Kier molecular flexibility index (Phi) is 6.95. The molecule has 0 aromatic heterocycles. The van der Waals surface area contributed by atoms with Crippen LogP contribution >= 0.6 is 0 Å². The van der Waals surface area contributed by atoms with Crippen molar-refractivity contribution in [1.29, 1.82) is 0 Å². The van der Waals surface area contributed by atoms with Crippen LogP contribution < -0.4 is 5.32 Å². The Balaban J connectivity index is 1.49. The first kappa shape index (κ1) is 24.9. The van der Waals surface area contributed by atoms with Crippen molar-refractivity contribution >= 4 is 15.9 Å². The van der Waals surface area contributed by atoms with E-state index in [0.29, 0.717) is 24.0 Å². The van der Waals surface area contributed by atoms with Crippen LogP contribution in [0.5, 0.6) is 0 Å². The van der Waals surface area contributed by atoms with Gasteiger partial charge in [-0.25, -0.2) is 12.8 Å². The molecule has 184 valence electrons. The number of halogens is 4. The Bertz CT molecular complexity index is 1330. The van der Waals surface area contributed by atoms with E-state index in [9.17, 15) is 30.8 Å². The minimum Gasteiger partial charge on any atom is -0.351 e. The highest BCUT2D eigenvalue weighted by molar-refractivity contribution is 7.89. The average molecular weight is 507 g/mol. The molecule has 1 saturated heterocycles. The van der Waals surface area contributed by atoms with Crippen molar-refractivity contribution in [1.82, 2.24) is 9.62 Å². The van der Waals surface area contributed by atoms with Gasteiger partial charge in [-0.05, 0) is 65.9 Å². The summed E-state index contributed by atoms with van der Waals surface area (Å²) in [6, 6.07) is 15.1. The number of amides is 1. The molecule has 3 aromatic carbocycles. The van der Waals surface area contributed by atoms with Crippen LogP contribution in [0.25, 0.3) is 11.1 Å². The number of alkyl halides is 3. The SMILES string of the molecule is O=C(NCc1cccc(-c2ccccc2C(F)(F)F)c1)[C@@H]1CCCN1S(=O)(=O)c1ccc(F)cc1. The molecule has 0 saturated carbocycles. The Hall–Kier alpha value is -3.24. The zero-order valence-electron chi connectivity index (χ0n) is 18.4. The standard InChI is InChI=1S/C25H22F4N2O3S/c26-19-10-12-20(13-11-19)35(33,34)31-14-4-9-23(31)24(32)30-16-17-5-3-6-18(15-17)21-7-1-2-8-22(21)25(27,28)29/h1-3,5-8,10-13,15,23H,4,9,14,16H2,(H,30,32)/t23-/m0/s1. The van der Waals surface area contributed by atoms with Gasteiger partial charge in [0.15, 0.2) is 0 Å². The molecule has 1 amide bonds. The van der Waals surface area contributed by atoms with Crippen LogP contribution in [0.2, 0.25) is 0 Å². The lowest BCUT2D eigenvalue weighted by Crippen LogP contribution is -2.45. The van der Waals surface area contributed by atoms with Crippen LogP contribution in [0.4, 0.5) is 17.6 Å². The number of carbonyl (C=O) groups excluding carboxylic acids is 1. The Morgan fingerprint density at radius 1 is 1.00 bits per heavy atom. The zero-order chi connectivity index (χ0) is 25.2. The number of hydrogen-bond donors (Lipinski definition) is 1. The van der Waals surface area contributed by atoms with Gasteiger partial charge in [-0.15, -0.1) is 0 Å². The highest BCUT2D eigenvalue weighted by Gasteiger charge is 2.39. The molecule has 1 aliphatic heterocycles. The summed E-state index contributed by atoms with van der Waals surface area (Å²) in [6.07, 6.45) is -3.70. The molecule has 0 bridgehead atoms. The maximum absolute atomic E-state index is 13.4. The second-order valence-corrected chi connectivity index (χ2v) is 10.1. The Labute approximate surface area is 200 Å². The van der Waals surface area contributed by atoms with Crippen molar-refractivity contribution in [3.05, 3.63) is 89.7 Å². The monoisotopic (exact) mass is 506 g/mol. The molecule has 10 heteroatoms. The zero-order valence-corrected chi connectivity index (χ0v) is 19.2. The maximum atomic E-state index is 13.4. The number of carbonyl (C=O) groups is 1. The van der Waals surface area contributed by atoms with E-state index < -0.39 is 39.5 Å². The summed E-state index contributed by atoms with van der Waals surface area (Å²) in [5.41, 5.74) is 0.194. The van der Waals surface area contributed by atoms with Gasteiger partial charge >= 0.3 is 6.18 Å². The minimum absolute atomic E-state index is 0.0157. The molecule has 0 radical (unpaired) electrons. The van der Waals surface area contributed by atoms with E-state index in [1.54, 1.807) is 24.3 Å². The van der Waals surface area contributed by atoms with Crippen LogP contribution in [0.3, 0.4) is 0 Å². The highest BCUT2D eigenvalue weighted by atomic mass is 32.2. The van der Waals surface area contributed by atoms with E-state index in [0.717, 1.165) is 34.6 Å². The predicted molar refractivity (Wildman–Crippen MR) is 122 cm³/mol. The van der Waals surface area contributed by atoms with E-state index in [1.165, 1.54) is 18.2 Å². The topological polar surface area (TPSA) is 66.5 Å². The smallest absolute Gasteiger partial charge is 0.351 e. The molecule has 4 rings (SSSR count). The summed E-state index contributed by atoms with van der Waals surface area (Å²) in [5, 5.41) is 2.70. The van der Waals surface area contributed by atoms with Crippen LogP contribution in [-0.4, -0.2) is 31.2 Å². The van der Waals surface area contributed by atoms with Gasteiger partial charge in [0.1, 0.15) is 11.9 Å². The van der Waals surface area contributed by atoms with Crippen LogP contribution in [0.15, 0.2) is 77.7 Å². The molecule has 1 fully saturated rings. The van der Waals surface area contributed by atoms with Crippen molar-refractivity contribution in [3.8, 4) is 11.1 Å². The Morgan fingerprint density at radius 2 is 1.71 bits per heavy atom. The number of rotatable bonds is 6. The van der Waals surface area contributed by atoms with Gasteiger partial charge in [-0.3, -0.25) is 4.79 Å². The first-order valence-electron chi connectivity index (χ1n) is 10.9. The summed E-state index contributed by atoms with van der Waals surface area (Å²) in [5.74, 6) is -1.07. The van der Waals surface area contributed by atoms with E-state index in [1.807, 2.05) is 0 Å². The van der Waals surface area contributed by atoms with Gasteiger partial charge in [0.25, 0.3) is 0 Å². The lowest BCUT2D eigenvalue weighted by molar-refractivity contribution is -0.137. The van der Waals surface area contributed by atoms with Crippen LogP contribution in [-0.2, 0) is 27.5 Å². The fraction of sp³-hybridized carbons (Fsp3) is 0.240. The third kappa shape index (κ3) is 5.38. The Morgan fingerprint density at radius 3 is 2.43 bits per heavy atom. The van der Waals surface area contributed by atoms with E-state index in [2.05, 4.69) is 5.32 Å². The summed E-state index contributed by atoms with van der Waals surface area (Å²) in [6.45, 7) is 0.170. The first-order chi connectivity index (χ1) is 16.6. The molecule has 3 aromatic rings. The van der Waals surface area contributed by atoms with Crippen molar-refractivity contribution < 1.29 is 30.8 Å². The summed E-state index contributed by atoms with van der Waals surface area (Å²) < 4.78 is 80.5. The van der Waals surface area contributed by atoms with E-state index in [-0.39, 0.29) is 23.5 Å². The maximum Gasteiger partial charge on any atom is 0.417 e. The number of sulfonamides is 1. The number of hydrogen-bond acceptors (Lipinski definition) is 3. The molecule has 0 aliphatic carbocycles. The van der Waals surface area contributed by atoms with Gasteiger partial charge in [0, 0.05) is 13.1 Å². The van der Waals surface area contributed by atoms with Gasteiger partial charge in [0.2, 0.25) is 15.9 Å². The largest absolute Gasteiger partial charge is 0.417 e. The molecule has 5 nitrogen and oxygen atoms in total. The average Bonchev–Trinajstić information content (AvgIpc) is 3.34. The fourth-order valence-electron chi connectivity index (χ4n) is 4.17. The van der Waals surface area contributed by atoms with E-state index >= 15 is 0 Å². The molecule has 1 heterocycles. The summed E-state index contributed by atoms with van der Waals surface area (Å²) >= 11 is 0. The molecule has 1 N–H and O–H groups in total. The normalized spacial score (nSPS) is 16.9. The lowest BCUT2D eigenvalue weighted by Gasteiger charge is -2.23.